The zero-order valence-corrected chi connectivity index (χ0v) is 8.79. The van der Waals surface area contributed by atoms with Crippen LogP contribution in [-0.4, -0.2) is 12.1 Å². The van der Waals surface area contributed by atoms with E-state index in [9.17, 15) is 4.79 Å². The third-order valence-electron chi connectivity index (χ3n) is 3.41. The van der Waals surface area contributed by atoms with E-state index in [0.717, 1.165) is 12.0 Å². The highest BCUT2D eigenvalue weighted by molar-refractivity contribution is 5.88. The molecule has 0 amide bonds. The number of ether oxygens (including phenoxy) is 1. The SMILES string of the molecule is CC1=CCC(C2CCCCC2)OC1=O. The van der Waals surface area contributed by atoms with Gasteiger partial charge < -0.3 is 4.74 Å². The molecule has 0 aromatic heterocycles. The van der Waals surface area contributed by atoms with Crippen molar-refractivity contribution in [2.75, 3.05) is 0 Å². The van der Waals surface area contributed by atoms with Gasteiger partial charge in [-0.25, -0.2) is 4.79 Å². The second-order valence-corrected chi connectivity index (χ2v) is 4.46. The first-order chi connectivity index (χ1) is 6.77. The lowest BCUT2D eigenvalue weighted by molar-refractivity contribution is -0.149. The third kappa shape index (κ3) is 1.99. The summed E-state index contributed by atoms with van der Waals surface area (Å²) in [7, 11) is 0. The summed E-state index contributed by atoms with van der Waals surface area (Å²) in [6.45, 7) is 1.83. The number of carbonyl (C=O) groups is 1. The Hall–Kier alpha value is -0.790. The maximum atomic E-state index is 11.4. The second-order valence-electron chi connectivity index (χ2n) is 4.46. The molecule has 2 heteroatoms. The van der Waals surface area contributed by atoms with Gasteiger partial charge in [-0.2, -0.15) is 0 Å². The Morgan fingerprint density at radius 3 is 2.64 bits per heavy atom. The minimum absolute atomic E-state index is 0.105. The topological polar surface area (TPSA) is 26.3 Å². The van der Waals surface area contributed by atoms with Crippen LogP contribution in [0, 0.1) is 5.92 Å². The predicted molar refractivity (Wildman–Crippen MR) is 54.8 cm³/mol. The minimum Gasteiger partial charge on any atom is -0.458 e. The van der Waals surface area contributed by atoms with Crippen molar-refractivity contribution in [3.63, 3.8) is 0 Å². The molecular formula is C12H18O2. The van der Waals surface area contributed by atoms with E-state index in [1.807, 2.05) is 13.0 Å². The van der Waals surface area contributed by atoms with Gasteiger partial charge in [0.2, 0.25) is 0 Å². The van der Waals surface area contributed by atoms with Gasteiger partial charge in [-0.3, -0.25) is 0 Å². The molecule has 0 spiro atoms. The maximum absolute atomic E-state index is 11.4. The molecule has 1 fully saturated rings. The molecule has 0 aromatic carbocycles. The van der Waals surface area contributed by atoms with Crippen LogP contribution < -0.4 is 0 Å². The Kier molecular flexibility index (Phi) is 2.90. The van der Waals surface area contributed by atoms with E-state index in [2.05, 4.69) is 0 Å². The smallest absolute Gasteiger partial charge is 0.333 e. The molecule has 0 N–H and O–H groups in total. The molecule has 1 unspecified atom stereocenters. The van der Waals surface area contributed by atoms with Crippen LogP contribution in [0.4, 0.5) is 0 Å². The van der Waals surface area contributed by atoms with Crippen molar-refractivity contribution in [3.05, 3.63) is 11.6 Å². The lowest BCUT2D eigenvalue weighted by atomic mass is 9.83. The number of cyclic esters (lactones) is 1. The van der Waals surface area contributed by atoms with Gasteiger partial charge >= 0.3 is 5.97 Å². The Balaban J connectivity index is 1.96. The molecular weight excluding hydrogens is 176 g/mol. The third-order valence-corrected chi connectivity index (χ3v) is 3.41. The van der Waals surface area contributed by atoms with Crippen molar-refractivity contribution in [3.8, 4) is 0 Å². The van der Waals surface area contributed by atoms with E-state index >= 15 is 0 Å². The van der Waals surface area contributed by atoms with Crippen molar-refractivity contribution in [1.82, 2.24) is 0 Å². The van der Waals surface area contributed by atoms with Gasteiger partial charge in [0, 0.05) is 12.0 Å². The van der Waals surface area contributed by atoms with Gasteiger partial charge in [-0.05, 0) is 25.7 Å². The summed E-state index contributed by atoms with van der Waals surface area (Å²) in [5.74, 6) is 0.517. The first-order valence-electron chi connectivity index (χ1n) is 5.65. The quantitative estimate of drug-likeness (QED) is 0.600. The lowest BCUT2D eigenvalue weighted by Gasteiger charge is -2.31. The average Bonchev–Trinajstić information content (AvgIpc) is 2.23. The van der Waals surface area contributed by atoms with Gasteiger partial charge in [-0.1, -0.05) is 25.3 Å². The van der Waals surface area contributed by atoms with Crippen molar-refractivity contribution in [2.45, 2.75) is 51.6 Å². The minimum atomic E-state index is -0.105. The number of esters is 1. The van der Waals surface area contributed by atoms with Gasteiger partial charge in [0.15, 0.2) is 0 Å². The Morgan fingerprint density at radius 1 is 1.29 bits per heavy atom. The number of carbonyl (C=O) groups excluding carboxylic acids is 1. The first kappa shape index (κ1) is 9.75. The van der Waals surface area contributed by atoms with Crippen molar-refractivity contribution >= 4 is 5.97 Å². The highest BCUT2D eigenvalue weighted by Gasteiger charge is 2.28. The molecule has 78 valence electrons. The number of hydrogen-bond acceptors (Lipinski definition) is 2. The van der Waals surface area contributed by atoms with Gasteiger partial charge in [0.25, 0.3) is 0 Å². The summed E-state index contributed by atoms with van der Waals surface area (Å²) in [4.78, 5) is 11.4. The van der Waals surface area contributed by atoms with Gasteiger partial charge in [0.05, 0.1) is 0 Å². The average molecular weight is 194 g/mol. The molecule has 2 aliphatic rings. The van der Waals surface area contributed by atoms with Crippen molar-refractivity contribution in [2.24, 2.45) is 5.92 Å². The van der Waals surface area contributed by atoms with E-state index in [4.69, 9.17) is 4.74 Å². The standard InChI is InChI=1S/C12H18O2/c1-9-7-8-11(14-12(9)13)10-5-3-2-4-6-10/h7,10-11H,2-6,8H2,1H3. The summed E-state index contributed by atoms with van der Waals surface area (Å²) in [5, 5.41) is 0. The van der Waals surface area contributed by atoms with Crippen LogP contribution in [0.2, 0.25) is 0 Å². The van der Waals surface area contributed by atoms with E-state index in [1.165, 1.54) is 32.1 Å². The van der Waals surface area contributed by atoms with E-state index in [1.54, 1.807) is 0 Å². The summed E-state index contributed by atoms with van der Waals surface area (Å²) >= 11 is 0. The molecule has 1 saturated carbocycles. The molecule has 1 aliphatic heterocycles. The van der Waals surface area contributed by atoms with Crippen LogP contribution in [0.15, 0.2) is 11.6 Å². The molecule has 0 aromatic rings. The number of hydrogen-bond donors (Lipinski definition) is 0. The molecule has 2 nitrogen and oxygen atoms in total. The fraction of sp³-hybridized carbons (Fsp3) is 0.750. The highest BCUT2D eigenvalue weighted by atomic mass is 16.5. The molecule has 1 atom stereocenters. The molecule has 1 heterocycles. The molecule has 1 aliphatic carbocycles. The fourth-order valence-corrected chi connectivity index (χ4v) is 2.45. The van der Waals surface area contributed by atoms with Crippen LogP contribution in [0.1, 0.15) is 45.4 Å². The Bertz CT molecular complexity index is 249. The van der Waals surface area contributed by atoms with Crippen molar-refractivity contribution in [1.29, 1.82) is 0 Å². The van der Waals surface area contributed by atoms with Crippen LogP contribution in [0.3, 0.4) is 0 Å². The van der Waals surface area contributed by atoms with Crippen LogP contribution in [0.5, 0.6) is 0 Å². The second kappa shape index (κ2) is 4.16. The predicted octanol–water partition coefficient (Wildman–Crippen LogP) is 2.83. The summed E-state index contributed by atoms with van der Waals surface area (Å²) < 4.78 is 5.43. The van der Waals surface area contributed by atoms with E-state index in [0.29, 0.717) is 5.92 Å². The van der Waals surface area contributed by atoms with Gasteiger partial charge in [-0.15, -0.1) is 0 Å². The van der Waals surface area contributed by atoms with Crippen LogP contribution in [0.25, 0.3) is 0 Å². The molecule has 0 bridgehead atoms. The van der Waals surface area contributed by atoms with E-state index in [-0.39, 0.29) is 12.1 Å². The monoisotopic (exact) mass is 194 g/mol. The van der Waals surface area contributed by atoms with Gasteiger partial charge in [0.1, 0.15) is 6.10 Å². The largest absolute Gasteiger partial charge is 0.458 e. The summed E-state index contributed by atoms with van der Waals surface area (Å²) in [5.41, 5.74) is 0.775. The first-order valence-corrected chi connectivity index (χ1v) is 5.65. The number of rotatable bonds is 1. The molecule has 0 saturated heterocycles. The Labute approximate surface area is 85.3 Å². The zero-order valence-electron chi connectivity index (χ0n) is 8.79. The fourth-order valence-electron chi connectivity index (χ4n) is 2.45. The summed E-state index contributed by atoms with van der Waals surface area (Å²) in [6, 6.07) is 0. The molecule has 14 heavy (non-hydrogen) atoms. The maximum Gasteiger partial charge on any atom is 0.333 e. The van der Waals surface area contributed by atoms with E-state index < -0.39 is 0 Å². The van der Waals surface area contributed by atoms with Crippen LogP contribution >= 0.6 is 0 Å². The lowest BCUT2D eigenvalue weighted by Crippen LogP contribution is -2.31. The summed E-state index contributed by atoms with van der Waals surface area (Å²) in [6.07, 6.45) is 9.59. The normalized spacial score (nSPS) is 29.6. The van der Waals surface area contributed by atoms with Crippen molar-refractivity contribution < 1.29 is 9.53 Å². The van der Waals surface area contributed by atoms with Crippen LogP contribution in [-0.2, 0) is 9.53 Å². The highest BCUT2D eigenvalue weighted by Crippen LogP contribution is 2.31. The Morgan fingerprint density at radius 2 is 2.00 bits per heavy atom. The molecule has 0 radical (unpaired) electrons. The zero-order chi connectivity index (χ0) is 9.97. The molecule has 2 rings (SSSR count).